The van der Waals surface area contributed by atoms with Gasteiger partial charge in [0.15, 0.2) is 0 Å². The summed E-state index contributed by atoms with van der Waals surface area (Å²) >= 11 is 5.74. The van der Waals surface area contributed by atoms with Gasteiger partial charge in [0.2, 0.25) is 11.7 Å². The van der Waals surface area contributed by atoms with Gasteiger partial charge in [0.1, 0.15) is 11.9 Å². The van der Waals surface area contributed by atoms with Crippen LogP contribution in [0.1, 0.15) is 29.9 Å². The lowest BCUT2D eigenvalue weighted by Gasteiger charge is -2.19. The van der Waals surface area contributed by atoms with E-state index in [1.165, 1.54) is 12.1 Å². The molecule has 3 aromatic rings. The molecule has 0 bridgehead atoms. The maximum atomic E-state index is 13.9. The van der Waals surface area contributed by atoms with Gasteiger partial charge >= 0.3 is 0 Å². The van der Waals surface area contributed by atoms with E-state index in [0.29, 0.717) is 12.0 Å². The standard InChI is InChI=1S/C18H17ClFN5O/c1-11(9-12-5-3-2-4-6-12)18(26)21-16(17-22-24-25-23-17)13-7-8-14(19)15(20)10-13/h2-8,10-11,16H,9H2,1H3,(H,21,26)(H,22,23,24,25)/t11-,16+/m0/s1. The summed E-state index contributed by atoms with van der Waals surface area (Å²) in [7, 11) is 0. The summed E-state index contributed by atoms with van der Waals surface area (Å²) in [5.41, 5.74) is 1.54. The van der Waals surface area contributed by atoms with Crippen LogP contribution in [-0.4, -0.2) is 26.5 Å². The highest BCUT2D eigenvalue weighted by Crippen LogP contribution is 2.24. The Morgan fingerprint density at radius 2 is 2.04 bits per heavy atom. The Morgan fingerprint density at radius 1 is 1.27 bits per heavy atom. The van der Waals surface area contributed by atoms with E-state index in [1.54, 1.807) is 6.07 Å². The number of nitrogens with zero attached hydrogens (tertiary/aromatic N) is 3. The van der Waals surface area contributed by atoms with Crippen molar-refractivity contribution >= 4 is 17.5 Å². The van der Waals surface area contributed by atoms with Gasteiger partial charge in [-0.15, -0.1) is 10.2 Å². The second-order valence-electron chi connectivity index (χ2n) is 5.98. The fourth-order valence-electron chi connectivity index (χ4n) is 2.63. The minimum atomic E-state index is -0.730. The fourth-order valence-corrected chi connectivity index (χ4v) is 2.74. The molecule has 0 radical (unpaired) electrons. The molecule has 0 saturated heterocycles. The predicted molar refractivity (Wildman–Crippen MR) is 94.9 cm³/mol. The Bertz CT molecular complexity index is 873. The van der Waals surface area contributed by atoms with Crippen molar-refractivity contribution < 1.29 is 9.18 Å². The van der Waals surface area contributed by atoms with Gasteiger partial charge in [0.25, 0.3) is 0 Å². The molecule has 3 rings (SSSR count). The van der Waals surface area contributed by atoms with Gasteiger partial charge in [-0.2, -0.15) is 5.21 Å². The molecule has 0 spiro atoms. The molecule has 1 aromatic heterocycles. The van der Waals surface area contributed by atoms with Crippen molar-refractivity contribution in [2.45, 2.75) is 19.4 Å². The molecule has 0 unspecified atom stereocenters. The molecule has 1 heterocycles. The van der Waals surface area contributed by atoms with Gasteiger partial charge in [-0.1, -0.05) is 60.1 Å². The number of aromatic nitrogens is 4. The van der Waals surface area contributed by atoms with Crippen molar-refractivity contribution in [3.63, 3.8) is 0 Å². The number of nitrogens with one attached hydrogen (secondary N) is 2. The Labute approximate surface area is 154 Å². The summed E-state index contributed by atoms with van der Waals surface area (Å²) in [4.78, 5) is 12.7. The topological polar surface area (TPSA) is 83.6 Å². The van der Waals surface area contributed by atoms with Crippen LogP contribution in [0.15, 0.2) is 48.5 Å². The number of carbonyl (C=O) groups is 1. The summed E-state index contributed by atoms with van der Waals surface area (Å²) in [6.45, 7) is 1.83. The van der Waals surface area contributed by atoms with Crippen LogP contribution in [0.25, 0.3) is 0 Å². The third kappa shape index (κ3) is 4.23. The molecular weight excluding hydrogens is 357 g/mol. The maximum Gasteiger partial charge on any atom is 0.224 e. The number of aromatic amines is 1. The molecule has 0 aliphatic carbocycles. The second kappa shape index (κ2) is 8.05. The van der Waals surface area contributed by atoms with E-state index in [1.807, 2.05) is 37.3 Å². The Hall–Kier alpha value is -2.80. The zero-order valence-electron chi connectivity index (χ0n) is 14.0. The first-order chi connectivity index (χ1) is 12.5. The maximum absolute atomic E-state index is 13.9. The van der Waals surface area contributed by atoms with Crippen molar-refractivity contribution in [2.24, 2.45) is 5.92 Å². The van der Waals surface area contributed by atoms with Crippen molar-refractivity contribution in [3.8, 4) is 0 Å². The largest absolute Gasteiger partial charge is 0.342 e. The molecule has 8 heteroatoms. The highest BCUT2D eigenvalue weighted by molar-refractivity contribution is 6.30. The zero-order valence-corrected chi connectivity index (χ0v) is 14.7. The number of halogens is 2. The van der Waals surface area contributed by atoms with Crippen molar-refractivity contribution in [3.05, 3.63) is 76.3 Å². The number of tetrazole rings is 1. The molecule has 1 amide bonds. The monoisotopic (exact) mass is 373 g/mol. The summed E-state index contributed by atoms with van der Waals surface area (Å²) < 4.78 is 13.9. The average molecular weight is 374 g/mol. The normalized spacial score (nSPS) is 13.2. The van der Waals surface area contributed by atoms with Crippen LogP contribution in [0.3, 0.4) is 0 Å². The van der Waals surface area contributed by atoms with E-state index < -0.39 is 11.9 Å². The number of carbonyl (C=O) groups excluding carboxylic acids is 1. The quantitative estimate of drug-likeness (QED) is 0.695. The van der Waals surface area contributed by atoms with Gasteiger partial charge in [0.05, 0.1) is 5.02 Å². The van der Waals surface area contributed by atoms with Gasteiger partial charge in [-0.25, -0.2) is 4.39 Å². The van der Waals surface area contributed by atoms with E-state index in [9.17, 15) is 9.18 Å². The van der Waals surface area contributed by atoms with E-state index >= 15 is 0 Å². The first-order valence-electron chi connectivity index (χ1n) is 8.07. The molecule has 0 aliphatic rings. The summed E-state index contributed by atoms with van der Waals surface area (Å²) in [6, 6.07) is 13.3. The van der Waals surface area contributed by atoms with Gasteiger partial charge in [-0.05, 0) is 29.7 Å². The summed E-state index contributed by atoms with van der Waals surface area (Å²) in [6.07, 6.45) is 0.584. The Kier molecular flexibility index (Phi) is 5.58. The molecule has 134 valence electrons. The highest BCUT2D eigenvalue weighted by Gasteiger charge is 2.24. The SMILES string of the molecule is C[C@@H](Cc1ccccc1)C(=O)N[C@H](c1ccc(Cl)c(F)c1)c1nn[nH]n1. The molecule has 0 aliphatic heterocycles. The van der Waals surface area contributed by atoms with Crippen LogP contribution in [-0.2, 0) is 11.2 Å². The van der Waals surface area contributed by atoms with E-state index in [2.05, 4.69) is 25.9 Å². The van der Waals surface area contributed by atoms with E-state index in [0.717, 1.165) is 5.56 Å². The minimum absolute atomic E-state index is 0.00406. The summed E-state index contributed by atoms with van der Waals surface area (Å²) in [5, 5.41) is 16.6. The number of benzene rings is 2. The van der Waals surface area contributed by atoms with Crippen LogP contribution in [0.2, 0.25) is 5.02 Å². The second-order valence-corrected chi connectivity index (χ2v) is 6.38. The van der Waals surface area contributed by atoms with Gasteiger partial charge in [0, 0.05) is 5.92 Å². The lowest BCUT2D eigenvalue weighted by atomic mass is 9.99. The van der Waals surface area contributed by atoms with Gasteiger partial charge < -0.3 is 5.32 Å². The highest BCUT2D eigenvalue weighted by atomic mass is 35.5. The fraction of sp³-hybridized carbons (Fsp3) is 0.222. The van der Waals surface area contributed by atoms with Crippen LogP contribution in [0.5, 0.6) is 0 Å². The predicted octanol–water partition coefficient (Wildman–Crippen LogP) is 3.08. The first-order valence-corrected chi connectivity index (χ1v) is 8.45. The molecule has 0 fully saturated rings. The van der Waals surface area contributed by atoms with Crippen LogP contribution in [0.4, 0.5) is 4.39 Å². The zero-order chi connectivity index (χ0) is 18.5. The third-order valence-electron chi connectivity index (χ3n) is 4.02. The number of hydrogen-bond acceptors (Lipinski definition) is 4. The van der Waals surface area contributed by atoms with E-state index in [-0.39, 0.29) is 22.7 Å². The molecule has 2 N–H and O–H groups in total. The number of hydrogen-bond donors (Lipinski definition) is 2. The van der Waals surface area contributed by atoms with Crippen molar-refractivity contribution in [1.82, 2.24) is 25.9 Å². The van der Waals surface area contributed by atoms with Crippen LogP contribution >= 0.6 is 11.6 Å². The smallest absolute Gasteiger partial charge is 0.224 e. The first kappa shape index (κ1) is 18.0. The molecule has 0 saturated carbocycles. The third-order valence-corrected chi connectivity index (χ3v) is 4.32. The average Bonchev–Trinajstić information content (AvgIpc) is 3.17. The van der Waals surface area contributed by atoms with Gasteiger partial charge in [-0.3, -0.25) is 4.79 Å². The Morgan fingerprint density at radius 3 is 2.69 bits per heavy atom. The minimum Gasteiger partial charge on any atom is -0.342 e. The Balaban J connectivity index is 1.79. The lowest BCUT2D eigenvalue weighted by Crippen LogP contribution is -2.35. The lowest BCUT2D eigenvalue weighted by molar-refractivity contribution is -0.125. The number of amides is 1. The number of H-pyrrole nitrogens is 1. The summed E-state index contributed by atoms with van der Waals surface area (Å²) in [5.74, 6) is -0.820. The molecule has 26 heavy (non-hydrogen) atoms. The molecule has 2 atom stereocenters. The van der Waals surface area contributed by atoms with Crippen LogP contribution in [0, 0.1) is 11.7 Å². The van der Waals surface area contributed by atoms with Crippen LogP contribution < -0.4 is 5.32 Å². The van der Waals surface area contributed by atoms with Crippen molar-refractivity contribution in [2.75, 3.05) is 0 Å². The van der Waals surface area contributed by atoms with E-state index in [4.69, 9.17) is 11.6 Å². The molecule has 6 nitrogen and oxygen atoms in total. The van der Waals surface area contributed by atoms with Crippen molar-refractivity contribution in [1.29, 1.82) is 0 Å². The molecule has 2 aromatic carbocycles. The molecular formula is C18H17ClFN5O. The number of rotatable bonds is 6.